The molecule has 134 valence electrons. The summed E-state index contributed by atoms with van der Waals surface area (Å²) in [6.45, 7) is 10.3. The molecule has 0 bridgehead atoms. The van der Waals surface area contributed by atoms with Gasteiger partial charge in [-0.3, -0.25) is 4.79 Å². The third-order valence-corrected chi connectivity index (χ3v) is 5.40. The number of phenolic OH excluding ortho intramolecular Hbond substituents is 1. The van der Waals surface area contributed by atoms with E-state index in [1.54, 1.807) is 17.8 Å². The molecule has 0 spiro atoms. The molecule has 2 rings (SSSR count). The molecule has 1 amide bonds. The molecule has 3 nitrogen and oxygen atoms in total. The summed E-state index contributed by atoms with van der Waals surface area (Å²) < 4.78 is 0. The van der Waals surface area contributed by atoms with Crippen LogP contribution in [0.4, 0.5) is 5.69 Å². The van der Waals surface area contributed by atoms with Gasteiger partial charge in [0.15, 0.2) is 0 Å². The van der Waals surface area contributed by atoms with Crippen LogP contribution in [-0.4, -0.2) is 11.0 Å². The molecule has 0 aromatic heterocycles. The predicted octanol–water partition coefficient (Wildman–Crippen LogP) is 6.02. The first kappa shape index (κ1) is 19.4. The van der Waals surface area contributed by atoms with E-state index in [1.165, 1.54) is 4.90 Å². The maximum Gasteiger partial charge on any atom is 0.224 e. The molecule has 0 radical (unpaired) electrons. The molecule has 2 aromatic rings. The van der Waals surface area contributed by atoms with Crippen molar-refractivity contribution in [2.24, 2.45) is 0 Å². The third kappa shape index (κ3) is 5.02. The zero-order valence-corrected chi connectivity index (χ0v) is 16.5. The largest absolute Gasteiger partial charge is 0.508 e. The van der Waals surface area contributed by atoms with Gasteiger partial charge in [-0.1, -0.05) is 32.5 Å². The number of carbonyl (C=O) groups excluding carboxylic acids is 1. The summed E-state index contributed by atoms with van der Waals surface area (Å²) in [5.74, 6) is 0.683. The Kier molecular flexibility index (Phi) is 6.54. The lowest BCUT2D eigenvalue weighted by atomic mass is 10.0. The van der Waals surface area contributed by atoms with Crippen LogP contribution in [0.25, 0.3) is 0 Å². The van der Waals surface area contributed by atoms with Crippen molar-refractivity contribution in [2.45, 2.75) is 63.2 Å². The number of phenols is 1. The van der Waals surface area contributed by atoms with Crippen LogP contribution in [0.15, 0.2) is 40.1 Å². The number of amides is 1. The molecule has 0 atom stereocenters. The number of hydrogen-bond donors (Lipinski definition) is 2. The van der Waals surface area contributed by atoms with Crippen molar-refractivity contribution >= 4 is 23.4 Å². The lowest BCUT2D eigenvalue weighted by Gasteiger charge is -2.15. The maximum absolute atomic E-state index is 11.8. The van der Waals surface area contributed by atoms with E-state index >= 15 is 0 Å². The van der Waals surface area contributed by atoms with E-state index < -0.39 is 0 Å². The normalized spacial score (nSPS) is 11.0. The van der Waals surface area contributed by atoms with Crippen LogP contribution in [0.2, 0.25) is 0 Å². The Morgan fingerprint density at radius 1 is 1.16 bits per heavy atom. The molecule has 0 saturated heterocycles. The number of aryl methyl sites for hydroxylation is 2. The molecule has 0 unspecified atom stereocenters. The summed E-state index contributed by atoms with van der Waals surface area (Å²) >= 11 is 1.70. The quantitative estimate of drug-likeness (QED) is 0.664. The van der Waals surface area contributed by atoms with Gasteiger partial charge in [-0.2, -0.15) is 0 Å². The van der Waals surface area contributed by atoms with Gasteiger partial charge in [-0.25, -0.2) is 0 Å². The maximum atomic E-state index is 11.8. The van der Waals surface area contributed by atoms with Crippen LogP contribution in [0.3, 0.4) is 0 Å². The van der Waals surface area contributed by atoms with Gasteiger partial charge in [-0.15, -0.1) is 0 Å². The monoisotopic (exact) mass is 357 g/mol. The van der Waals surface area contributed by atoms with E-state index in [-0.39, 0.29) is 11.8 Å². The highest BCUT2D eigenvalue weighted by molar-refractivity contribution is 7.99. The van der Waals surface area contributed by atoms with Crippen LogP contribution in [-0.2, 0) is 4.79 Å². The second-order valence-corrected chi connectivity index (χ2v) is 7.80. The van der Waals surface area contributed by atoms with Crippen molar-refractivity contribution in [1.29, 1.82) is 0 Å². The molecule has 0 saturated carbocycles. The summed E-state index contributed by atoms with van der Waals surface area (Å²) in [6.07, 6.45) is 1.39. The molecular weight excluding hydrogens is 330 g/mol. The van der Waals surface area contributed by atoms with Gasteiger partial charge in [0, 0.05) is 21.9 Å². The van der Waals surface area contributed by atoms with Crippen molar-refractivity contribution in [3.8, 4) is 5.75 Å². The van der Waals surface area contributed by atoms with Crippen molar-refractivity contribution in [3.63, 3.8) is 0 Å². The zero-order chi connectivity index (χ0) is 18.6. The SMILES string of the molecule is CCCC(=O)Nc1cc(C)c(Sc2ccc(O)c(C(C)C)c2)c(C)c1. The molecule has 0 heterocycles. The summed E-state index contributed by atoms with van der Waals surface area (Å²) in [7, 11) is 0. The van der Waals surface area contributed by atoms with Crippen molar-refractivity contribution in [1.82, 2.24) is 0 Å². The van der Waals surface area contributed by atoms with Gasteiger partial charge in [-0.05, 0) is 73.2 Å². The Morgan fingerprint density at radius 3 is 2.36 bits per heavy atom. The summed E-state index contributed by atoms with van der Waals surface area (Å²) in [5, 5.41) is 13.0. The molecule has 0 aliphatic heterocycles. The Labute approximate surface area is 154 Å². The Morgan fingerprint density at radius 2 is 1.80 bits per heavy atom. The second-order valence-electron chi connectivity index (χ2n) is 6.71. The summed E-state index contributed by atoms with van der Waals surface area (Å²) in [6, 6.07) is 9.81. The van der Waals surface area contributed by atoms with E-state index in [0.29, 0.717) is 12.2 Å². The molecule has 0 aliphatic carbocycles. The fourth-order valence-corrected chi connectivity index (χ4v) is 3.81. The van der Waals surface area contributed by atoms with Crippen LogP contribution in [0, 0.1) is 13.8 Å². The molecule has 0 fully saturated rings. The van der Waals surface area contributed by atoms with Crippen LogP contribution >= 0.6 is 11.8 Å². The van der Waals surface area contributed by atoms with E-state index in [0.717, 1.165) is 33.7 Å². The van der Waals surface area contributed by atoms with Crippen molar-refractivity contribution < 1.29 is 9.90 Å². The first-order valence-corrected chi connectivity index (χ1v) is 9.55. The highest BCUT2D eigenvalue weighted by Crippen LogP contribution is 2.37. The molecule has 25 heavy (non-hydrogen) atoms. The number of rotatable bonds is 6. The lowest BCUT2D eigenvalue weighted by Crippen LogP contribution is -2.11. The summed E-state index contributed by atoms with van der Waals surface area (Å²) in [5.41, 5.74) is 4.09. The van der Waals surface area contributed by atoms with Gasteiger partial charge in [0.1, 0.15) is 5.75 Å². The molecule has 2 aromatic carbocycles. The summed E-state index contributed by atoms with van der Waals surface area (Å²) in [4.78, 5) is 14.1. The highest BCUT2D eigenvalue weighted by Gasteiger charge is 2.12. The molecule has 2 N–H and O–H groups in total. The second kappa shape index (κ2) is 8.43. The van der Waals surface area contributed by atoms with E-state index in [4.69, 9.17) is 0 Å². The van der Waals surface area contributed by atoms with Gasteiger partial charge in [0.05, 0.1) is 0 Å². The number of nitrogens with one attached hydrogen (secondary N) is 1. The Hall–Kier alpha value is -1.94. The fraction of sp³-hybridized carbons (Fsp3) is 0.381. The van der Waals surface area contributed by atoms with Crippen molar-refractivity contribution in [2.75, 3.05) is 5.32 Å². The first-order valence-electron chi connectivity index (χ1n) is 8.73. The minimum atomic E-state index is 0.0572. The minimum Gasteiger partial charge on any atom is -0.508 e. The van der Waals surface area contributed by atoms with Crippen LogP contribution < -0.4 is 5.32 Å². The van der Waals surface area contributed by atoms with Crippen LogP contribution in [0.1, 0.15) is 56.2 Å². The number of hydrogen-bond acceptors (Lipinski definition) is 3. The Bertz CT molecular complexity index is 745. The Balaban J connectivity index is 2.26. The lowest BCUT2D eigenvalue weighted by molar-refractivity contribution is -0.116. The van der Waals surface area contributed by atoms with Gasteiger partial charge < -0.3 is 10.4 Å². The fourth-order valence-electron chi connectivity index (χ4n) is 2.81. The van der Waals surface area contributed by atoms with E-state index in [9.17, 15) is 9.90 Å². The molecular formula is C21H27NO2S. The number of aromatic hydroxyl groups is 1. The molecule has 0 aliphatic rings. The van der Waals surface area contributed by atoms with Crippen LogP contribution in [0.5, 0.6) is 5.75 Å². The average molecular weight is 358 g/mol. The van der Waals surface area contributed by atoms with E-state index in [1.807, 2.05) is 25.1 Å². The topological polar surface area (TPSA) is 49.3 Å². The number of carbonyl (C=O) groups is 1. The predicted molar refractivity (Wildman–Crippen MR) is 106 cm³/mol. The molecule has 4 heteroatoms. The standard InChI is InChI=1S/C21H27NO2S/c1-6-7-20(24)22-16-10-14(4)21(15(5)11-16)25-17-8-9-19(23)18(12-17)13(2)3/h8-13,23H,6-7H2,1-5H3,(H,22,24). The van der Waals surface area contributed by atoms with Gasteiger partial charge in [0.2, 0.25) is 5.91 Å². The smallest absolute Gasteiger partial charge is 0.224 e. The first-order chi connectivity index (χ1) is 11.8. The third-order valence-electron chi connectivity index (χ3n) is 4.06. The minimum absolute atomic E-state index is 0.0572. The zero-order valence-electron chi connectivity index (χ0n) is 15.6. The van der Waals surface area contributed by atoms with E-state index in [2.05, 4.69) is 39.1 Å². The van der Waals surface area contributed by atoms with Gasteiger partial charge >= 0.3 is 0 Å². The highest BCUT2D eigenvalue weighted by atomic mass is 32.2. The van der Waals surface area contributed by atoms with Crippen molar-refractivity contribution in [3.05, 3.63) is 47.0 Å². The van der Waals surface area contributed by atoms with Gasteiger partial charge in [0.25, 0.3) is 0 Å². The average Bonchev–Trinajstić information content (AvgIpc) is 2.52. The number of benzene rings is 2. The number of anilines is 1.